The number of sulfonamides is 1. The van der Waals surface area contributed by atoms with Crippen molar-refractivity contribution in [1.82, 2.24) is 4.72 Å². The number of nitrogens with zero attached hydrogens (tertiary/aromatic N) is 1. The fourth-order valence-electron chi connectivity index (χ4n) is 1.47. The van der Waals surface area contributed by atoms with Crippen LogP contribution in [-0.2, 0) is 14.8 Å². The highest BCUT2D eigenvalue weighted by Gasteiger charge is 2.28. The van der Waals surface area contributed by atoms with Crippen LogP contribution in [0.2, 0.25) is 0 Å². The molecule has 0 saturated carbocycles. The van der Waals surface area contributed by atoms with Crippen molar-refractivity contribution in [1.29, 1.82) is 5.26 Å². The zero-order valence-corrected chi connectivity index (χ0v) is 9.75. The second-order valence-electron chi connectivity index (χ2n) is 3.85. The molecule has 0 amide bonds. The molecule has 0 aromatic rings. The van der Waals surface area contributed by atoms with Gasteiger partial charge in [0.25, 0.3) is 0 Å². The molecular weight excluding hydrogens is 216 g/mol. The van der Waals surface area contributed by atoms with Gasteiger partial charge in [-0.25, -0.2) is 13.1 Å². The zero-order chi connectivity index (χ0) is 11.5. The first-order valence-electron chi connectivity index (χ1n) is 4.96. The van der Waals surface area contributed by atoms with Gasteiger partial charge in [-0.2, -0.15) is 5.26 Å². The maximum Gasteiger partial charge on any atom is 0.227 e. The van der Waals surface area contributed by atoms with Gasteiger partial charge in [-0.05, 0) is 20.3 Å². The highest BCUT2D eigenvalue weighted by molar-refractivity contribution is 7.90. The van der Waals surface area contributed by atoms with Crippen molar-refractivity contribution >= 4 is 10.0 Å². The maximum atomic E-state index is 11.6. The summed E-state index contributed by atoms with van der Waals surface area (Å²) >= 11 is 0. The van der Waals surface area contributed by atoms with E-state index in [0.29, 0.717) is 13.2 Å². The highest BCUT2D eigenvalue weighted by Crippen LogP contribution is 2.17. The average Bonchev–Trinajstić information content (AvgIpc) is 2.68. The van der Waals surface area contributed by atoms with Gasteiger partial charge in [-0.1, -0.05) is 0 Å². The summed E-state index contributed by atoms with van der Waals surface area (Å²) in [5, 5.41) is 7.54. The summed E-state index contributed by atoms with van der Waals surface area (Å²) in [4.78, 5) is 0. The van der Waals surface area contributed by atoms with Crippen LogP contribution in [0.3, 0.4) is 0 Å². The largest absolute Gasteiger partial charge is 0.381 e. The Kier molecular flexibility index (Phi) is 4.08. The van der Waals surface area contributed by atoms with E-state index in [0.717, 1.165) is 6.42 Å². The summed E-state index contributed by atoms with van der Waals surface area (Å²) in [5.74, 6) is 0.214. The minimum absolute atomic E-state index is 0.173. The fourth-order valence-corrected chi connectivity index (χ4v) is 2.53. The molecule has 0 spiro atoms. The summed E-state index contributed by atoms with van der Waals surface area (Å²) in [7, 11) is -3.51. The SMILES string of the molecule is CC(NS(=O)(=O)C(C)C#N)C1CCOC1. The summed E-state index contributed by atoms with van der Waals surface area (Å²) in [6.07, 6.45) is 0.866. The van der Waals surface area contributed by atoms with Crippen molar-refractivity contribution in [3.05, 3.63) is 0 Å². The number of hydrogen-bond acceptors (Lipinski definition) is 4. The fraction of sp³-hybridized carbons (Fsp3) is 0.889. The van der Waals surface area contributed by atoms with Gasteiger partial charge in [0.15, 0.2) is 5.25 Å². The van der Waals surface area contributed by atoms with Crippen LogP contribution in [0.25, 0.3) is 0 Å². The highest BCUT2D eigenvalue weighted by atomic mass is 32.2. The minimum Gasteiger partial charge on any atom is -0.381 e. The zero-order valence-electron chi connectivity index (χ0n) is 8.93. The molecule has 1 N–H and O–H groups in total. The van der Waals surface area contributed by atoms with Crippen LogP contribution in [-0.4, -0.2) is 32.9 Å². The van der Waals surface area contributed by atoms with E-state index in [4.69, 9.17) is 10.00 Å². The molecule has 1 aliphatic heterocycles. The van der Waals surface area contributed by atoms with Gasteiger partial charge in [0.2, 0.25) is 10.0 Å². The summed E-state index contributed by atoms with van der Waals surface area (Å²) in [5.41, 5.74) is 0. The average molecular weight is 232 g/mol. The first-order valence-corrected chi connectivity index (χ1v) is 6.50. The van der Waals surface area contributed by atoms with E-state index in [1.807, 2.05) is 0 Å². The molecule has 0 bridgehead atoms. The molecule has 1 saturated heterocycles. The van der Waals surface area contributed by atoms with Crippen molar-refractivity contribution in [2.75, 3.05) is 13.2 Å². The van der Waals surface area contributed by atoms with E-state index < -0.39 is 15.3 Å². The van der Waals surface area contributed by atoms with Gasteiger partial charge in [0, 0.05) is 18.6 Å². The third kappa shape index (κ3) is 3.16. The summed E-state index contributed by atoms with van der Waals surface area (Å²) in [6, 6.07) is 1.55. The van der Waals surface area contributed by atoms with Gasteiger partial charge < -0.3 is 4.74 Å². The van der Waals surface area contributed by atoms with Crippen molar-refractivity contribution in [3.8, 4) is 6.07 Å². The standard InChI is InChI=1S/C9H16N2O3S/c1-7(5-10)15(12,13)11-8(2)9-3-4-14-6-9/h7-9,11H,3-4,6H2,1-2H3. The Hall–Kier alpha value is -0.640. The topological polar surface area (TPSA) is 79.2 Å². The van der Waals surface area contributed by atoms with Gasteiger partial charge in [-0.3, -0.25) is 0 Å². The minimum atomic E-state index is -3.51. The van der Waals surface area contributed by atoms with Gasteiger partial charge >= 0.3 is 0 Å². The van der Waals surface area contributed by atoms with Crippen molar-refractivity contribution < 1.29 is 13.2 Å². The van der Waals surface area contributed by atoms with Crippen LogP contribution >= 0.6 is 0 Å². The molecule has 5 nitrogen and oxygen atoms in total. The number of hydrogen-bond donors (Lipinski definition) is 1. The number of ether oxygens (including phenoxy) is 1. The molecular formula is C9H16N2O3S. The normalized spacial score (nSPS) is 25.8. The van der Waals surface area contributed by atoms with E-state index in [1.54, 1.807) is 13.0 Å². The van der Waals surface area contributed by atoms with Crippen LogP contribution in [0.1, 0.15) is 20.3 Å². The van der Waals surface area contributed by atoms with Crippen LogP contribution in [0, 0.1) is 17.2 Å². The molecule has 1 aliphatic rings. The predicted molar refractivity (Wildman–Crippen MR) is 55.5 cm³/mol. The molecule has 0 radical (unpaired) electrons. The van der Waals surface area contributed by atoms with Crippen molar-refractivity contribution in [3.63, 3.8) is 0 Å². The Morgan fingerprint density at radius 3 is 2.67 bits per heavy atom. The van der Waals surface area contributed by atoms with Gasteiger partial charge in [0.1, 0.15) is 0 Å². The first kappa shape index (κ1) is 12.4. The third-order valence-electron chi connectivity index (χ3n) is 2.67. The maximum absolute atomic E-state index is 11.6. The Morgan fingerprint density at radius 2 is 2.20 bits per heavy atom. The number of nitriles is 1. The molecule has 1 fully saturated rings. The first-order chi connectivity index (χ1) is 6.97. The molecule has 15 heavy (non-hydrogen) atoms. The summed E-state index contributed by atoms with van der Waals surface area (Å²) < 4.78 is 30.8. The summed E-state index contributed by atoms with van der Waals surface area (Å²) in [6.45, 7) is 4.45. The van der Waals surface area contributed by atoms with Crippen LogP contribution in [0.15, 0.2) is 0 Å². The lowest BCUT2D eigenvalue weighted by Gasteiger charge is -2.19. The van der Waals surface area contributed by atoms with Crippen LogP contribution in [0.5, 0.6) is 0 Å². The van der Waals surface area contributed by atoms with E-state index in [2.05, 4.69) is 4.72 Å². The Morgan fingerprint density at radius 1 is 1.53 bits per heavy atom. The Labute approximate surface area is 90.5 Å². The lowest BCUT2D eigenvalue weighted by atomic mass is 10.0. The third-order valence-corrected chi connectivity index (χ3v) is 4.41. The predicted octanol–water partition coefficient (Wildman–Crippen LogP) is 0.243. The van der Waals surface area contributed by atoms with E-state index in [9.17, 15) is 8.42 Å². The molecule has 3 unspecified atom stereocenters. The number of nitrogens with one attached hydrogen (secondary N) is 1. The molecule has 1 heterocycles. The van der Waals surface area contributed by atoms with Crippen molar-refractivity contribution in [2.45, 2.75) is 31.6 Å². The molecule has 0 aromatic carbocycles. The lowest BCUT2D eigenvalue weighted by Crippen LogP contribution is -2.42. The monoisotopic (exact) mass is 232 g/mol. The molecule has 3 atom stereocenters. The van der Waals surface area contributed by atoms with Crippen molar-refractivity contribution in [2.24, 2.45) is 5.92 Å². The molecule has 6 heteroatoms. The van der Waals surface area contributed by atoms with E-state index in [-0.39, 0.29) is 12.0 Å². The van der Waals surface area contributed by atoms with Gasteiger partial charge in [-0.15, -0.1) is 0 Å². The van der Waals surface area contributed by atoms with E-state index >= 15 is 0 Å². The Balaban J connectivity index is 2.57. The molecule has 0 aromatic heterocycles. The quantitative estimate of drug-likeness (QED) is 0.753. The number of rotatable bonds is 4. The second kappa shape index (κ2) is 4.92. The van der Waals surface area contributed by atoms with Gasteiger partial charge in [0.05, 0.1) is 12.7 Å². The molecule has 86 valence electrons. The van der Waals surface area contributed by atoms with Crippen LogP contribution in [0.4, 0.5) is 0 Å². The molecule has 1 rings (SSSR count). The van der Waals surface area contributed by atoms with E-state index in [1.165, 1.54) is 6.92 Å². The molecule has 0 aliphatic carbocycles. The lowest BCUT2D eigenvalue weighted by molar-refractivity contribution is 0.180. The second-order valence-corrected chi connectivity index (χ2v) is 5.88. The van der Waals surface area contributed by atoms with Crippen LogP contribution < -0.4 is 4.72 Å². The smallest absolute Gasteiger partial charge is 0.227 e. The Bertz CT molecular complexity index is 341.